The van der Waals surface area contributed by atoms with Crippen molar-refractivity contribution in [2.45, 2.75) is 6.92 Å². The third kappa shape index (κ3) is 3.85. The predicted molar refractivity (Wildman–Crippen MR) is 100 cm³/mol. The van der Waals surface area contributed by atoms with Gasteiger partial charge in [0.05, 0.1) is 31.7 Å². The Morgan fingerprint density at radius 2 is 1.64 bits per heavy atom. The van der Waals surface area contributed by atoms with Crippen molar-refractivity contribution in [2.75, 3.05) is 20.8 Å². The van der Waals surface area contributed by atoms with Gasteiger partial charge < -0.3 is 18.9 Å². The van der Waals surface area contributed by atoms with Crippen molar-refractivity contribution in [3.63, 3.8) is 0 Å². The second-order valence-electron chi connectivity index (χ2n) is 5.58. The highest BCUT2D eigenvalue weighted by Gasteiger charge is 2.17. The largest absolute Gasteiger partial charge is 0.493 e. The topological polar surface area (TPSA) is 96.8 Å². The molecule has 0 aliphatic heterocycles. The third-order valence-electron chi connectivity index (χ3n) is 3.90. The number of ketones is 1. The standard InChI is InChI=1S/C20H18N2O6/c1-4-27-20(24)18(23)12-5-7-13(8-6-12)28-19-14-9-16(25-2)17(26-3)10-15(14)21-11-22-19/h5-11H,4H2,1-3H3. The van der Waals surface area contributed by atoms with Gasteiger partial charge >= 0.3 is 5.97 Å². The number of benzene rings is 2. The van der Waals surface area contributed by atoms with E-state index in [1.54, 1.807) is 38.3 Å². The van der Waals surface area contributed by atoms with E-state index in [4.69, 9.17) is 18.9 Å². The van der Waals surface area contributed by atoms with E-state index in [0.29, 0.717) is 34.0 Å². The fourth-order valence-electron chi connectivity index (χ4n) is 2.54. The van der Waals surface area contributed by atoms with Gasteiger partial charge in [-0.25, -0.2) is 14.8 Å². The first kappa shape index (κ1) is 19.1. The van der Waals surface area contributed by atoms with E-state index in [9.17, 15) is 9.59 Å². The van der Waals surface area contributed by atoms with E-state index in [-0.39, 0.29) is 12.2 Å². The van der Waals surface area contributed by atoms with Crippen LogP contribution in [0.4, 0.5) is 0 Å². The predicted octanol–water partition coefficient (Wildman–Crippen LogP) is 3.19. The second-order valence-corrected chi connectivity index (χ2v) is 5.58. The molecule has 144 valence electrons. The number of ether oxygens (including phenoxy) is 4. The molecular formula is C20H18N2O6. The Hall–Kier alpha value is -3.68. The summed E-state index contributed by atoms with van der Waals surface area (Å²) in [6.45, 7) is 1.78. The van der Waals surface area contributed by atoms with Gasteiger partial charge in [-0.05, 0) is 37.3 Å². The van der Waals surface area contributed by atoms with Crippen LogP contribution in [0.2, 0.25) is 0 Å². The number of methoxy groups -OCH3 is 2. The highest BCUT2D eigenvalue weighted by molar-refractivity contribution is 6.40. The number of fused-ring (bicyclic) bond motifs is 1. The lowest BCUT2D eigenvalue weighted by Gasteiger charge is -2.11. The van der Waals surface area contributed by atoms with Gasteiger partial charge in [-0.15, -0.1) is 0 Å². The van der Waals surface area contributed by atoms with Crippen LogP contribution >= 0.6 is 0 Å². The van der Waals surface area contributed by atoms with Crippen LogP contribution in [0.25, 0.3) is 10.9 Å². The van der Waals surface area contributed by atoms with Crippen LogP contribution in [-0.4, -0.2) is 42.5 Å². The Labute approximate surface area is 161 Å². The summed E-state index contributed by atoms with van der Waals surface area (Å²) in [6, 6.07) is 9.57. The normalized spacial score (nSPS) is 10.4. The van der Waals surface area contributed by atoms with Gasteiger partial charge in [0.25, 0.3) is 5.78 Å². The van der Waals surface area contributed by atoms with Crippen LogP contribution in [0.15, 0.2) is 42.7 Å². The van der Waals surface area contributed by atoms with E-state index in [1.165, 1.54) is 25.6 Å². The molecule has 0 atom stereocenters. The summed E-state index contributed by atoms with van der Waals surface area (Å²) < 4.78 is 21.1. The molecule has 0 radical (unpaired) electrons. The molecule has 0 aliphatic rings. The zero-order chi connectivity index (χ0) is 20.1. The Morgan fingerprint density at radius 1 is 0.964 bits per heavy atom. The molecule has 3 aromatic rings. The lowest BCUT2D eigenvalue weighted by Crippen LogP contribution is -2.17. The highest BCUT2D eigenvalue weighted by Crippen LogP contribution is 2.35. The molecule has 0 bridgehead atoms. The minimum absolute atomic E-state index is 0.140. The molecule has 3 rings (SSSR count). The summed E-state index contributed by atoms with van der Waals surface area (Å²) in [5.74, 6) is 0.217. The Kier molecular flexibility index (Phi) is 5.69. The number of nitrogens with zero attached hydrogens (tertiary/aromatic N) is 2. The van der Waals surface area contributed by atoms with E-state index < -0.39 is 11.8 Å². The molecule has 0 saturated carbocycles. The molecular weight excluding hydrogens is 364 g/mol. The van der Waals surface area contributed by atoms with E-state index in [0.717, 1.165) is 0 Å². The maximum Gasteiger partial charge on any atom is 0.379 e. The molecule has 8 nitrogen and oxygen atoms in total. The summed E-state index contributed by atoms with van der Waals surface area (Å²) in [5.41, 5.74) is 0.835. The van der Waals surface area contributed by atoms with Crippen LogP contribution < -0.4 is 14.2 Å². The van der Waals surface area contributed by atoms with Crippen LogP contribution in [0.1, 0.15) is 17.3 Å². The lowest BCUT2D eigenvalue weighted by atomic mass is 10.1. The van der Waals surface area contributed by atoms with Gasteiger partial charge in [-0.3, -0.25) is 4.79 Å². The van der Waals surface area contributed by atoms with Crippen LogP contribution in [0.5, 0.6) is 23.1 Å². The molecule has 28 heavy (non-hydrogen) atoms. The zero-order valence-corrected chi connectivity index (χ0v) is 15.6. The monoisotopic (exact) mass is 382 g/mol. The number of rotatable bonds is 7. The number of Topliss-reactive ketones (excluding diaryl/α,β-unsaturated/α-hetero) is 1. The van der Waals surface area contributed by atoms with Gasteiger partial charge in [0.1, 0.15) is 12.1 Å². The minimum Gasteiger partial charge on any atom is -0.493 e. The highest BCUT2D eigenvalue weighted by atomic mass is 16.5. The van der Waals surface area contributed by atoms with Crippen molar-refractivity contribution >= 4 is 22.7 Å². The maximum absolute atomic E-state index is 11.9. The molecule has 1 heterocycles. The van der Waals surface area contributed by atoms with Crippen LogP contribution in [0, 0.1) is 0 Å². The molecule has 0 fully saturated rings. The molecule has 0 amide bonds. The van der Waals surface area contributed by atoms with E-state index >= 15 is 0 Å². The van der Waals surface area contributed by atoms with Gasteiger partial charge in [0, 0.05) is 11.6 Å². The average molecular weight is 382 g/mol. The first-order valence-corrected chi connectivity index (χ1v) is 8.43. The fraction of sp³-hybridized carbons (Fsp3) is 0.200. The molecule has 1 aromatic heterocycles. The summed E-state index contributed by atoms with van der Waals surface area (Å²) in [4.78, 5) is 31.9. The van der Waals surface area contributed by atoms with E-state index in [1.807, 2.05) is 0 Å². The number of esters is 1. The van der Waals surface area contributed by atoms with Gasteiger partial charge in [-0.1, -0.05) is 0 Å². The number of aromatic nitrogens is 2. The molecule has 0 N–H and O–H groups in total. The molecule has 0 spiro atoms. The van der Waals surface area contributed by atoms with Crippen LogP contribution in [-0.2, 0) is 9.53 Å². The summed E-state index contributed by atoms with van der Waals surface area (Å²) in [7, 11) is 3.08. The minimum atomic E-state index is -0.890. The second kappa shape index (κ2) is 8.34. The number of carbonyl (C=O) groups is 2. The van der Waals surface area contributed by atoms with Gasteiger partial charge in [-0.2, -0.15) is 0 Å². The first-order chi connectivity index (χ1) is 13.6. The fourth-order valence-corrected chi connectivity index (χ4v) is 2.54. The summed E-state index contributed by atoms with van der Waals surface area (Å²) >= 11 is 0. The SMILES string of the molecule is CCOC(=O)C(=O)c1ccc(Oc2ncnc3cc(OC)c(OC)cc23)cc1. The zero-order valence-electron chi connectivity index (χ0n) is 15.6. The number of hydrogen-bond acceptors (Lipinski definition) is 8. The first-order valence-electron chi connectivity index (χ1n) is 8.43. The Morgan fingerprint density at radius 3 is 2.29 bits per heavy atom. The molecule has 2 aromatic carbocycles. The van der Waals surface area contributed by atoms with Gasteiger partial charge in [0.2, 0.25) is 5.88 Å². The lowest BCUT2D eigenvalue weighted by molar-refractivity contribution is -0.137. The average Bonchev–Trinajstić information content (AvgIpc) is 2.73. The third-order valence-corrected chi connectivity index (χ3v) is 3.90. The van der Waals surface area contributed by atoms with Crippen molar-refractivity contribution in [3.05, 3.63) is 48.3 Å². The quantitative estimate of drug-likeness (QED) is 0.349. The van der Waals surface area contributed by atoms with Crippen molar-refractivity contribution in [2.24, 2.45) is 0 Å². The number of hydrogen-bond donors (Lipinski definition) is 0. The summed E-state index contributed by atoms with van der Waals surface area (Å²) in [5, 5.41) is 0.631. The smallest absolute Gasteiger partial charge is 0.379 e. The summed E-state index contributed by atoms with van der Waals surface area (Å²) in [6.07, 6.45) is 1.38. The van der Waals surface area contributed by atoms with Crippen molar-refractivity contribution in [1.29, 1.82) is 0 Å². The van der Waals surface area contributed by atoms with Gasteiger partial charge in [0.15, 0.2) is 11.5 Å². The van der Waals surface area contributed by atoms with Crippen molar-refractivity contribution < 1.29 is 28.5 Å². The Balaban J connectivity index is 1.88. The van der Waals surface area contributed by atoms with Crippen molar-refractivity contribution in [3.8, 4) is 23.1 Å². The molecule has 0 unspecified atom stereocenters. The van der Waals surface area contributed by atoms with E-state index in [2.05, 4.69) is 9.97 Å². The molecule has 0 saturated heterocycles. The van der Waals surface area contributed by atoms with Crippen LogP contribution in [0.3, 0.4) is 0 Å². The maximum atomic E-state index is 11.9. The van der Waals surface area contributed by atoms with Crippen molar-refractivity contribution in [1.82, 2.24) is 9.97 Å². The number of carbonyl (C=O) groups excluding carboxylic acids is 2. The molecule has 8 heteroatoms. The molecule has 0 aliphatic carbocycles. The Bertz CT molecular complexity index is 1020.